The second kappa shape index (κ2) is 7.11. The van der Waals surface area contributed by atoms with Crippen molar-refractivity contribution >= 4 is 0 Å². The zero-order chi connectivity index (χ0) is 14.4. The predicted octanol–water partition coefficient (Wildman–Crippen LogP) is 4.03. The highest BCUT2D eigenvalue weighted by Gasteiger charge is 2.08. The van der Waals surface area contributed by atoms with Crippen LogP contribution in [0, 0.1) is 6.92 Å². The van der Waals surface area contributed by atoms with Crippen molar-refractivity contribution in [2.75, 3.05) is 6.54 Å². The maximum absolute atomic E-state index is 5.96. The normalized spacial score (nSPS) is 12.2. The summed E-state index contributed by atoms with van der Waals surface area (Å²) in [5.74, 6) is 1.44. The van der Waals surface area contributed by atoms with Gasteiger partial charge in [-0.25, -0.2) is 0 Å². The summed E-state index contributed by atoms with van der Waals surface area (Å²) >= 11 is 0. The summed E-state index contributed by atoms with van der Waals surface area (Å²) < 4.78 is 5.96. The van der Waals surface area contributed by atoms with Crippen molar-refractivity contribution in [3.05, 3.63) is 65.2 Å². The number of ether oxygens (including phenoxy) is 1. The summed E-state index contributed by atoms with van der Waals surface area (Å²) in [5.41, 5.74) is 9.29. The highest BCUT2D eigenvalue weighted by atomic mass is 16.5. The van der Waals surface area contributed by atoms with Crippen molar-refractivity contribution in [3.63, 3.8) is 0 Å². The lowest BCUT2D eigenvalue weighted by Gasteiger charge is -2.15. The molecule has 2 nitrogen and oxygen atoms in total. The molecular formula is C18H23NO. The molecule has 0 radical (unpaired) electrons. The van der Waals surface area contributed by atoms with E-state index in [9.17, 15) is 0 Å². The molecule has 1 atom stereocenters. The maximum atomic E-state index is 5.96. The first-order chi connectivity index (χ1) is 9.70. The topological polar surface area (TPSA) is 35.2 Å². The fraction of sp³-hybridized carbons (Fsp3) is 0.333. The minimum atomic E-state index is 0.472. The summed E-state index contributed by atoms with van der Waals surface area (Å²) in [4.78, 5) is 0. The Kier molecular flexibility index (Phi) is 5.19. The summed E-state index contributed by atoms with van der Waals surface area (Å²) in [5, 5.41) is 0. The SMILES string of the molecule is Cc1ccc(C(C)CCN)cc1OCc1ccccc1. The average molecular weight is 269 g/mol. The van der Waals surface area contributed by atoms with Gasteiger partial charge in [-0.05, 0) is 48.6 Å². The van der Waals surface area contributed by atoms with Crippen LogP contribution >= 0.6 is 0 Å². The van der Waals surface area contributed by atoms with Gasteiger partial charge in [0.25, 0.3) is 0 Å². The van der Waals surface area contributed by atoms with Crippen molar-refractivity contribution in [2.24, 2.45) is 5.73 Å². The van der Waals surface area contributed by atoms with E-state index in [1.807, 2.05) is 18.2 Å². The second-order valence-corrected chi connectivity index (χ2v) is 5.28. The molecule has 0 aliphatic rings. The first-order valence-electron chi connectivity index (χ1n) is 7.18. The number of rotatable bonds is 6. The van der Waals surface area contributed by atoms with Crippen LogP contribution in [0.5, 0.6) is 5.75 Å². The highest BCUT2D eigenvalue weighted by Crippen LogP contribution is 2.26. The molecule has 106 valence electrons. The van der Waals surface area contributed by atoms with Gasteiger partial charge in [0.15, 0.2) is 0 Å². The van der Waals surface area contributed by atoms with E-state index < -0.39 is 0 Å². The molecule has 2 aromatic rings. The Bertz CT molecular complexity index is 536. The summed E-state index contributed by atoms with van der Waals surface area (Å²) in [7, 11) is 0. The molecule has 2 aromatic carbocycles. The van der Waals surface area contributed by atoms with Crippen LogP contribution < -0.4 is 10.5 Å². The molecule has 0 amide bonds. The van der Waals surface area contributed by atoms with E-state index in [1.54, 1.807) is 0 Å². The van der Waals surface area contributed by atoms with Crippen molar-refractivity contribution in [2.45, 2.75) is 32.8 Å². The molecule has 0 bridgehead atoms. The Hall–Kier alpha value is -1.80. The molecule has 0 aliphatic carbocycles. The smallest absolute Gasteiger partial charge is 0.123 e. The van der Waals surface area contributed by atoms with E-state index in [-0.39, 0.29) is 0 Å². The fourth-order valence-corrected chi connectivity index (χ4v) is 2.23. The van der Waals surface area contributed by atoms with E-state index in [0.29, 0.717) is 12.5 Å². The van der Waals surface area contributed by atoms with Gasteiger partial charge in [-0.2, -0.15) is 0 Å². The van der Waals surface area contributed by atoms with Gasteiger partial charge in [0, 0.05) is 0 Å². The minimum Gasteiger partial charge on any atom is -0.489 e. The monoisotopic (exact) mass is 269 g/mol. The van der Waals surface area contributed by atoms with Gasteiger partial charge in [-0.1, -0.05) is 49.4 Å². The zero-order valence-corrected chi connectivity index (χ0v) is 12.3. The lowest BCUT2D eigenvalue weighted by molar-refractivity contribution is 0.303. The zero-order valence-electron chi connectivity index (χ0n) is 12.3. The van der Waals surface area contributed by atoms with Gasteiger partial charge < -0.3 is 10.5 Å². The Morgan fingerprint density at radius 3 is 2.55 bits per heavy atom. The highest BCUT2D eigenvalue weighted by molar-refractivity contribution is 5.38. The number of benzene rings is 2. The van der Waals surface area contributed by atoms with Gasteiger partial charge in [0.05, 0.1) is 0 Å². The van der Waals surface area contributed by atoms with Crippen molar-refractivity contribution in [3.8, 4) is 5.75 Å². The number of nitrogens with two attached hydrogens (primary N) is 1. The van der Waals surface area contributed by atoms with Crippen LogP contribution in [-0.2, 0) is 6.61 Å². The summed E-state index contributed by atoms with van der Waals surface area (Å²) in [6.07, 6.45) is 1.00. The molecule has 0 saturated carbocycles. The molecule has 0 aromatic heterocycles. The summed E-state index contributed by atoms with van der Waals surface area (Å²) in [6.45, 7) is 5.61. The predicted molar refractivity (Wildman–Crippen MR) is 84.0 cm³/mol. The van der Waals surface area contributed by atoms with Gasteiger partial charge in [-0.3, -0.25) is 0 Å². The number of aryl methyl sites for hydroxylation is 1. The molecule has 0 aliphatic heterocycles. The molecule has 0 saturated heterocycles. The van der Waals surface area contributed by atoms with Crippen molar-refractivity contribution in [1.82, 2.24) is 0 Å². The van der Waals surface area contributed by atoms with Crippen LogP contribution in [0.1, 0.15) is 36.0 Å². The van der Waals surface area contributed by atoms with E-state index in [4.69, 9.17) is 10.5 Å². The lowest BCUT2D eigenvalue weighted by Crippen LogP contribution is -2.05. The van der Waals surface area contributed by atoms with E-state index in [1.165, 1.54) is 16.7 Å². The van der Waals surface area contributed by atoms with Crippen LogP contribution in [0.2, 0.25) is 0 Å². The Labute approximate surface area is 121 Å². The molecule has 2 heteroatoms. The Morgan fingerprint density at radius 2 is 1.85 bits per heavy atom. The van der Waals surface area contributed by atoms with Crippen molar-refractivity contribution < 1.29 is 4.74 Å². The molecule has 0 heterocycles. The van der Waals surface area contributed by atoms with Gasteiger partial charge in [0.2, 0.25) is 0 Å². The molecule has 1 unspecified atom stereocenters. The molecular weight excluding hydrogens is 246 g/mol. The molecule has 2 N–H and O–H groups in total. The van der Waals surface area contributed by atoms with Gasteiger partial charge in [0.1, 0.15) is 12.4 Å². The van der Waals surface area contributed by atoms with Crippen LogP contribution in [0.25, 0.3) is 0 Å². The molecule has 0 spiro atoms. The first-order valence-corrected chi connectivity index (χ1v) is 7.18. The fourth-order valence-electron chi connectivity index (χ4n) is 2.23. The molecule has 0 fully saturated rings. The molecule has 2 rings (SSSR count). The van der Waals surface area contributed by atoms with Crippen LogP contribution in [0.4, 0.5) is 0 Å². The third-order valence-corrected chi connectivity index (χ3v) is 3.62. The van der Waals surface area contributed by atoms with Crippen molar-refractivity contribution in [1.29, 1.82) is 0 Å². The Balaban J connectivity index is 2.08. The summed E-state index contributed by atoms with van der Waals surface area (Å²) in [6, 6.07) is 16.7. The van der Waals surface area contributed by atoms with E-state index >= 15 is 0 Å². The quantitative estimate of drug-likeness (QED) is 0.859. The number of hydrogen-bond donors (Lipinski definition) is 1. The second-order valence-electron chi connectivity index (χ2n) is 5.28. The lowest BCUT2D eigenvalue weighted by atomic mass is 9.96. The van der Waals surface area contributed by atoms with E-state index in [0.717, 1.165) is 18.7 Å². The van der Waals surface area contributed by atoms with Gasteiger partial charge in [-0.15, -0.1) is 0 Å². The molecule has 20 heavy (non-hydrogen) atoms. The van der Waals surface area contributed by atoms with Crippen LogP contribution in [-0.4, -0.2) is 6.54 Å². The first kappa shape index (κ1) is 14.6. The van der Waals surface area contributed by atoms with Crippen LogP contribution in [0.3, 0.4) is 0 Å². The standard InChI is InChI=1S/C18H23NO/c1-14(10-11-19)17-9-8-15(2)18(12-17)20-13-16-6-4-3-5-7-16/h3-9,12,14H,10-11,13,19H2,1-2H3. The largest absolute Gasteiger partial charge is 0.489 e. The van der Waals surface area contributed by atoms with Gasteiger partial charge >= 0.3 is 0 Å². The third-order valence-electron chi connectivity index (χ3n) is 3.62. The van der Waals surface area contributed by atoms with E-state index in [2.05, 4.69) is 44.2 Å². The van der Waals surface area contributed by atoms with Crippen LogP contribution in [0.15, 0.2) is 48.5 Å². The third kappa shape index (κ3) is 3.84. The number of hydrogen-bond acceptors (Lipinski definition) is 2. The minimum absolute atomic E-state index is 0.472. The maximum Gasteiger partial charge on any atom is 0.123 e. The average Bonchev–Trinajstić information content (AvgIpc) is 2.47. The Morgan fingerprint density at radius 1 is 1.10 bits per heavy atom.